The molecule has 0 spiro atoms. The lowest BCUT2D eigenvalue weighted by atomic mass is 10.0. The third-order valence-electron chi connectivity index (χ3n) is 4.54. The van der Waals surface area contributed by atoms with Crippen molar-refractivity contribution in [3.63, 3.8) is 0 Å². The lowest BCUT2D eigenvalue weighted by molar-refractivity contribution is -0.130. The summed E-state index contributed by atoms with van der Waals surface area (Å²) in [7, 11) is 0. The summed E-state index contributed by atoms with van der Waals surface area (Å²) < 4.78 is 0. The van der Waals surface area contributed by atoms with Crippen molar-refractivity contribution in [3.05, 3.63) is 0 Å². The van der Waals surface area contributed by atoms with Gasteiger partial charge in [0.1, 0.15) is 0 Å². The zero-order valence-electron chi connectivity index (χ0n) is 13.0. The quantitative estimate of drug-likeness (QED) is 0.636. The Hall–Kier alpha value is -1.63. The molecule has 0 radical (unpaired) electrons. The van der Waals surface area contributed by atoms with Crippen LogP contribution in [-0.2, 0) is 14.4 Å². The summed E-state index contributed by atoms with van der Waals surface area (Å²) in [5.41, 5.74) is 5.11. The second-order valence-electron chi connectivity index (χ2n) is 6.54. The lowest BCUT2D eigenvalue weighted by Crippen LogP contribution is -2.47. The Bertz CT molecular complexity index is 454. The van der Waals surface area contributed by atoms with Crippen LogP contribution in [0.1, 0.15) is 45.4 Å². The highest BCUT2D eigenvalue weighted by molar-refractivity contribution is 5.79. The molecule has 124 valence electrons. The fourth-order valence-corrected chi connectivity index (χ4v) is 3.40. The third-order valence-corrected chi connectivity index (χ3v) is 4.54. The van der Waals surface area contributed by atoms with Crippen molar-refractivity contribution in [3.8, 4) is 0 Å². The van der Waals surface area contributed by atoms with E-state index in [9.17, 15) is 19.5 Å². The van der Waals surface area contributed by atoms with Crippen molar-refractivity contribution in [2.24, 2.45) is 11.7 Å². The number of hydrogen-bond acceptors (Lipinski definition) is 4. The molecule has 2 aliphatic heterocycles. The van der Waals surface area contributed by atoms with Gasteiger partial charge in [0, 0.05) is 31.8 Å². The zero-order chi connectivity index (χ0) is 16.3. The minimum atomic E-state index is -0.748. The Morgan fingerprint density at radius 3 is 2.77 bits per heavy atom. The number of primary amides is 1. The molecule has 0 aromatic carbocycles. The molecule has 7 heteroatoms. The average molecular weight is 311 g/mol. The molecule has 0 saturated carbocycles. The van der Waals surface area contributed by atoms with Crippen molar-refractivity contribution in [1.29, 1.82) is 0 Å². The van der Waals surface area contributed by atoms with E-state index in [4.69, 9.17) is 5.73 Å². The number of carbonyl (C=O) groups is 3. The molecule has 3 amide bonds. The first-order valence-corrected chi connectivity index (χ1v) is 7.92. The molecule has 2 aliphatic rings. The second kappa shape index (κ2) is 7.09. The van der Waals surface area contributed by atoms with E-state index in [2.05, 4.69) is 5.32 Å². The number of nitrogens with two attached hydrogens (primary N) is 1. The summed E-state index contributed by atoms with van der Waals surface area (Å²) in [5, 5.41) is 13.1. The molecule has 2 fully saturated rings. The summed E-state index contributed by atoms with van der Waals surface area (Å²) >= 11 is 0. The number of aliphatic hydroxyl groups is 1. The van der Waals surface area contributed by atoms with Crippen LogP contribution >= 0.6 is 0 Å². The maximum Gasteiger partial charge on any atom is 0.222 e. The normalized spacial score (nSPS) is 29.6. The number of aliphatic hydroxyl groups excluding tert-OH is 1. The first-order chi connectivity index (χ1) is 10.4. The van der Waals surface area contributed by atoms with E-state index < -0.39 is 12.0 Å². The largest absolute Gasteiger partial charge is 0.389 e. The molecule has 2 rings (SSSR count). The van der Waals surface area contributed by atoms with Crippen LogP contribution in [0.25, 0.3) is 0 Å². The van der Waals surface area contributed by atoms with E-state index in [-0.39, 0.29) is 49.2 Å². The van der Waals surface area contributed by atoms with E-state index in [1.807, 2.05) is 0 Å². The van der Waals surface area contributed by atoms with Gasteiger partial charge >= 0.3 is 0 Å². The first kappa shape index (κ1) is 16.7. The molecule has 0 bridgehead atoms. The Morgan fingerprint density at radius 2 is 2.09 bits per heavy atom. The fourth-order valence-electron chi connectivity index (χ4n) is 3.40. The summed E-state index contributed by atoms with van der Waals surface area (Å²) in [6, 6.07) is -0.149. The molecule has 0 unspecified atom stereocenters. The summed E-state index contributed by atoms with van der Waals surface area (Å²) in [6.07, 6.45) is 2.47. The van der Waals surface area contributed by atoms with Crippen molar-refractivity contribution in [1.82, 2.24) is 10.2 Å². The number of nitrogens with zero attached hydrogens (tertiary/aromatic N) is 1. The Labute approximate surface area is 130 Å². The van der Waals surface area contributed by atoms with Gasteiger partial charge in [-0.2, -0.15) is 0 Å². The summed E-state index contributed by atoms with van der Waals surface area (Å²) in [6.45, 7) is 2.08. The van der Waals surface area contributed by atoms with Gasteiger partial charge in [-0.05, 0) is 25.2 Å². The zero-order valence-corrected chi connectivity index (χ0v) is 13.0. The van der Waals surface area contributed by atoms with Gasteiger partial charge < -0.3 is 21.1 Å². The SMILES string of the molecule is C[C@@H](CC(N)=O)CC(=O)N[C@H]1CC[C@@H]2CCC(=O)N2C[C@H]1O. The predicted molar refractivity (Wildman–Crippen MR) is 79.5 cm³/mol. The minimum Gasteiger partial charge on any atom is -0.389 e. The van der Waals surface area contributed by atoms with Gasteiger partial charge in [0.15, 0.2) is 0 Å². The van der Waals surface area contributed by atoms with Crippen LogP contribution in [0.3, 0.4) is 0 Å². The van der Waals surface area contributed by atoms with E-state index in [1.165, 1.54) is 0 Å². The lowest BCUT2D eigenvalue weighted by Gasteiger charge is -2.25. The van der Waals surface area contributed by atoms with Crippen molar-refractivity contribution < 1.29 is 19.5 Å². The molecule has 0 aromatic rings. The van der Waals surface area contributed by atoms with Crippen molar-refractivity contribution in [2.75, 3.05) is 6.54 Å². The highest BCUT2D eigenvalue weighted by atomic mass is 16.3. The summed E-state index contributed by atoms with van der Waals surface area (Å²) in [5.74, 6) is -0.642. The van der Waals surface area contributed by atoms with Crippen molar-refractivity contribution in [2.45, 2.75) is 63.6 Å². The molecule has 0 aliphatic carbocycles. The van der Waals surface area contributed by atoms with Gasteiger partial charge in [-0.1, -0.05) is 6.92 Å². The topological polar surface area (TPSA) is 113 Å². The number of nitrogens with one attached hydrogen (secondary N) is 1. The van der Waals surface area contributed by atoms with E-state index in [1.54, 1.807) is 11.8 Å². The second-order valence-corrected chi connectivity index (χ2v) is 6.54. The van der Waals surface area contributed by atoms with Gasteiger partial charge in [0.2, 0.25) is 17.7 Å². The van der Waals surface area contributed by atoms with Crippen LogP contribution in [0.5, 0.6) is 0 Å². The monoisotopic (exact) mass is 311 g/mol. The van der Waals surface area contributed by atoms with Gasteiger partial charge in [0.05, 0.1) is 12.1 Å². The number of amides is 3. The standard InChI is InChI=1S/C15H25N3O4/c1-9(6-13(16)20)7-14(21)17-11-4-2-10-3-5-15(22)18(10)8-12(11)19/h9-12,19H,2-8H2,1H3,(H2,16,20)(H,17,21)/t9-,10+,11-,12+/m0/s1. The van der Waals surface area contributed by atoms with Crippen LogP contribution in [0.2, 0.25) is 0 Å². The highest BCUT2D eigenvalue weighted by Crippen LogP contribution is 2.27. The minimum absolute atomic E-state index is 0.0890. The predicted octanol–water partition coefficient (Wildman–Crippen LogP) is -0.481. The smallest absolute Gasteiger partial charge is 0.222 e. The Kier molecular flexibility index (Phi) is 5.39. The van der Waals surface area contributed by atoms with Crippen LogP contribution in [0.15, 0.2) is 0 Å². The van der Waals surface area contributed by atoms with Crippen LogP contribution in [0.4, 0.5) is 0 Å². The Balaban J connectivity index is 1.86. The van der Waals surface area contributed by atoms with Gasteiger partial charge in [-0.15, -0.1) is 0 Å². The number of rotatable bonds is 5. The molecular formula is C15H25N3O4. The molecule has 4 N–H and O–H groups in total. The highest BCUT2D eigenvalue weighted by Gasteiger charge is 2.37. The summed E-state index contributed by atoms with van der Waals surface area (Å²) in [4.78, 5) is 36.4. The first-order valence-electron chi connectivity index (χ1n) is 7.92. The number of hydrogen-bond donors (Lipinski definition) is 3. The number of carbonyl (C=O) groups excluding carboxylic acids is 3. The molecule has 22 heavy (non-hydrogen) atoms. The molecule has 7 nitrogen and oxygen atoms in total. The number of fused-ring (bicyclic) bond motifs is 1. The van der Waals surface area contributed by atoms with E-state index in [0.717, 1.165) is 12.8 Å². The van der Waals surface area contributed by atoms with Gasteiger partial charge in [-0.25, -0.2) is 0 Å². The van der Waals surface area contributed by atoms with Crippen LogP contribution in [-0.4, -0.2) is 52.5 Å². The average Bonchev–Trinajstić information content (AvgIpc) is 2.65. The molecule has 4 atom stereocenters. The van der Waals surface area contributed by atoms with Gasteiger partial charge in [-0.3, -0.25) is 14.4 Å². The third kappa shape index (κ3) is 4.19. The Morgan fingerprint density at radius 1 is 1.36 bits per heavy atom. The van der Waals surface area contributed by atoms with Crippen molar-refractivity contribution >= 4 is 17.7 Å². The molecule has 2 saturated heterocycles. The van der Waals surface area contributed by atoms with Crippen LogP contribution < -0.4 is 11.1 Å². The maximum absolute atomic E-state index is 12.0. The maximum atomic E-state index is 12.0. The molecular weight excluding hydrogens is 286 g/mol. The van der Waals surface area contributed by atoms with Crippen LogP contribution in [0, 0.1) is 5.92 Å². The molecule has 2 heterocycles. The fraction of sp³-hybridized carbons (Fsp3) is 0.800. The van der Waals surface area contributed by atoms with E-state index >= 15 is 0 Å². The van der Waals surface area contributed by atoms with Gasteiger partial charge in [0.25, 0.3) is 0 Å². The molecule has 0 aromatic heterocycles. The van der Waals surface area contributed by atoms with E-state index in [0.29, 0.717) is 12.8 Å².